The number of anilines is 1. The first-order valence-electron chi connectivity index (χ1n) is 9.39. The maximum atomic E-state index is 12.9. The van der Waals surface area contributed by atoms with Gasteiger partial charge >= 0.3 is 0 Å². The van der Waals surface area contributed by atoms with Gasteiger partial charge in [0.05, 0.1) is 0 Å². The van der Waals surface area contributed by atoms with Crippen LogP contribution in [-0.2, 0) is 4.79 Å². The lowest BCUT2D eigenvalue weighted by Gasteiger charge is -2.23. The summed E-state index contributed by atoms with van der Waals surface area (Å²) in [6, 6.07) is 12.0. The lowest BCUT2D eigenvalue weighted by molar-refractivity contribution is -0.119. The molecule has 1 unspecified atom stereocenters. The number of rotatable bonds is 4. The van der Waals surface area contributed by atoms with Gasteiger partial charge in [0.2, 0.25) is 11.0 Å². The van der Waals surface area contributed by atoms with Gasteiger partial charge in [0, 0.05) is 27.7 Å². The number of aryl methyl sites for hydroxylation is 1. The quantitative estimate of drug-likeness (QED) is 0.589. The first-order valence-corrected chi connectivity index (χ1v) is 11.0. The first kappa shape index (κ1) is 20.8. The molecule has 1 saturated heterocycles. The van der Waals surface area contributed by atoms with Crippen LogP contribution in [0, 0.1) is 6.92 Å². The lowest BCUT2D eigenvalue weighted by atomic mass is 10.1. The summed E-state index contributed by atoms with van der Waals surface area (Å²) in [5.41, 5.74) is 2.46. The van der Waals surface area contributed by atoms with E-state index in [1.165, 1.54) is 11.3 Å². The number of carbonyl (C=O) groups is 2. The van der Waals surface area contributed by atoms with Crippen LogP contribution < -0.4 is 5.32 Å². The highest BCUT2D eigenvalue weighted by Crippen LogP contribution is 2.28. The molecule has 9 heteroatoms. The van der Waals surface area contributed by atoms with E-state index in [-0.39, 0.29) is 11.8 Å². The predicted molar refractivity (Wildman–Crippen MR) is 119 cm³/mol. The van der Waals surface area contributed by atoms with Gasteiger partial charge in [-0.05, 0) is 38.0 Å². The highest BCUT2D eigenvalue weighted by atomic mass is 35.5. The maximum Gasteiger partial charge on any atom is 0.254 e. The van der Waals surface area contributed by atoms with Crippen LogP contribution in [0.25, 0.3) is 10.6 Å². The fourth-order valence-electron chi connectivity index (χ4n) is 3.40. The van der Waals surface area contributed by atoms with Gasteiger partial charge in [-0.25, -0.2) is 0 Å². The Kier molecular flexibility index (Phi) is 6.04. The highest BCUT2D eigenvalue weighted by molar-refractivity contribution is 7.18. The molecule has 2 heterocycles. The van der Waals surface area contributed by atoms with Gasteiger partial charge < -0.3 is 4.90 Å². The number of halogens is 2. The Morgan fingerprint density at radius 3 is 2.50 bits per heavy atom. The molecular formula is C21H18Cl2N4O2S. The zero-order valence-electron chi connectivity index (χ0n) is 16.1. The predicted octanol–water partition coefficient (Wildman–Crippen LogP) is 5.06. The number of aromatic nitrogens is 2. The van der Waals surface area contributed by atoms with Crippen molar-refractivity contribution in [3.8, 4) is 10.6 Å². The third-order valence-electron chi connectivity index (χ3n) is 4.88. The van der Waals surface area contributed by atoms with Gasteiger partial charge in [0.15, 0.2) is 0 Å². The molecule has 154 valence electrons. The average Bonchev–Trinajstić information content (AvgIpc) is 3.37. The molecule has 1 aromatic heterocycles. The van der Waals surface area contributed by atoms with Gasteiger partial charge in [0.25, 0.3) is 5.91 Å². The van der Waals surface area contributed by atoms with Gasteiger partial charge in [-0.3, -0.25) is 14.9 Å². The second kappa shape index (κ2) is 8.71. The standard InChI is InChI=1S/C21H18Cl2N4O2S/c1-12-4-6-13(7-5-12)19-25-26-21(30-19)24-18(28)17-3-2-8-27(17)20(29)14-9-15(22)11-16(23)10-14/h4-7,9-11,17H,2-3,8H2,1H3,(H,24,26,28). The minimum absolute atomic E-state index is 0.269. The van der Waals surface area contributed by atoms with Crippen LogP contribution in [0.1, 0.15) is 28.8 Å². The number of amides is 2. The van der Waals surface area contributed by atoms with Crippen molar-refractivity contribution >= 4 is 51.5 Å². The van der Waals surface area contributed by atoms with Crippen LogP contribution in [0.5, 0.6) is 0 Å². The van der Waals surface area contributed by atoms with Crippen molar-refractivity contribution in [2.24, 2.45) is 0 Å². The summed E-state index contributed by atoms with van der Waals surface area (Å²) in [7, 11) is 0. The zero-order chi connectivity index (χ0) is 21.3. The van der Waals surface area contributed by atoms with E-state index in [1.807, 2.05) is 31.2 Å². The molecule has 0 saturated carbocycles. The number of nitrogens with one attached hydrogen (secondary N) is 1. The van der Waals surface area contributed by atoms with E-state index in [1.54, 1.807) is 23.1 Å². The third kappa shape index (κ3) is 4.48. The molecule has 0 bridgehead atoms. The lowest BCUT2D eigenvalue weighted by Crippen LogP contribution is -2.43. The van der Waals surface area contributed by atoms with Gasteiger partial charge in [-0.2, -0.15) is 0 Å². The molecule has 1 atom stereocenters. The summed E-state index contributed by atoms with van der Waals surface area (Å²) in [5.74, 6) is -0.546. The van der Waals surface area contributed by atoms with Crippen LogP contribution in [0.2, 0.25) is 10.0 Å². The van der Waals surface area contributed by atoms with E-state index >= 15 is 0 Å². The topological polar surface area (TPSA) is 75.2 Å². The molecule has 1 aliphatic rings. The fourth-order valence-corrected chi connectivity index (χ4v) is 4.68. The summed E-state index contributed by atoms with van der Waals surface area (Å²) in [6.07, 6.45) is 1.32. The molecule has 0 radical (unpaired) electrons. The van der Waals surface area contributed by atoms with Crippen molar-refractivity contribution in [1.82, 2.24) is 15.1 Å². The Hall–Kier alpha value is -2.48. The third-order valence-corrected chi connectivity index (χ3v) is 6.20. The molecule has 0 aliphatic carbocycles. The average molecular weight is 461 g/mol. The summed E-state index contributed by atoms with van der Waals surface area (Å²) < 4.78 is 0. The Morgan fingerprint density at radius 1 is 1.10 bits per heavy atom. The summed E-state index contributed by atoms with van der Waals surface area (Å²) in [4.78, 5) is 27.4. The largest absolute Gasteiger partial charge is 0.327 e. The Morgan fingerprint density at radius 2 is 1.80 bits per heavy atom. The summed E-state index contributed by atoms with van der Waals surface area (Å²) >= 11 is 13.3. The monoisotopic (exact) mass is 460 g/mol. The normalized spacial score (nSPS) is 16.0. The Balaban J connectivity index is 1.47. The molecule has 4 rings (SSSR count). The number of nitrogens with zero attached hydrogens (tertiary/aromatic N) is 3. The smallest absolute Gasteiger partial charge is 0.254 e. The molecule has 30 heavy (non-hydrogen) atoms. The van der Waals surface area contributed by atoms with Crippen molar-refractivity contribution in [1.29, 1.82) is 0 Å². The maximum absolute atomic E-state index is 12.9. The number of likely N-dealkylation sites (tertiary alicyclic amines) is 1. The van der Waals surface area contributed by atoms with E-state index in [0.29, 0.717) is 33.7 Å². The number of hydrogen-bond donors (Lipinski definition) is 1. The molecule has 1 N–H and O–H groups in total. The molecular weight excluding hydrogens is 443 g/mol. The second-order valence-corrected chi connectivity index (χ2v) is 8.93. The highest BCUT2D eigenvalue weighted by Gasteiger charge is 2.35. The van der Waals surface area contributed by atoms with Crippen molar-refractivity contribution in [2.75, 3.05) is 11.9 Å². The Bertz CT molecular complexity index is 1080. The van der Waals surface area contributed by atoms with Crippen molar-refractivity contribution in [3.63, 3.8) is 0 Å². The Labute approximate surface area is 187 Å². The SMILES string of the molecule is Cc1ccc(-c2nnc(NC(=O)C3CCCN3C(=O)c3cc(Cl)cc(Cl)c3)s2)cc1. The number of benzene rings is 2. The molecule has 2 amide bonds. The zero-order valence-corrected chi connectivity index (χ0v) is 18.4. The van der Waals surface area contributed by atoms with E-state index in [2.05, 4.69) is 15.5 Å². The molecule has 2 aromatic carbocycles. The minimum Gasteiger partial charge on any atom is -0.327 e. The van der Waals surface area contributed by atoms with Gasteiger partial charge in [0.1, 0.15) is 11.0 Å². The number of hydrogen-bond acceptors (Lipinski definition) is 5. The second-order valence-electron chi connectivity index (χ2n) is 7.08. The van der Waals surface area contributed by atoms with Crippen molar-refractivity contribution < 1.29 is 9.59 Å². The van der Waals surface area contributed by atoms with E-state index in [9.17, 15) is 9.59 Å². The van der Waals surface area contributed by atoms with E-state index in [0.717, 1.165) is 22.6 Å². The van der Waals surface area contributed by atoms with Crippen molar-refractivity contribution in [3.05, 3.63) is 63.6 Å². The molecule has 6 nitrogen and oxygen atoms in total. The molecule has 3 aromatic rings. The van der Waals surface area contributed by atoms with Crippen LogP contribution in [-0.4, -0.2) is 39.5 Å². The summed E-state index contributed by atoms with van der Waals surface area (Å²) in [5, 5.41) is 12.9. The molecule has 0 spiro atoms. The summed E-state index contributed by atoms with van der Waals surface area (Å²) in [6.45, 7) is 2.51. The van der Waals surface area contributed by atoms with E-state index in [4.69, 9.17) is 23.2 Å². The van der Waals surface area contributed by atoms with E-state index < -0.39 is 6.04 Å². The van der Waals surface area contributed by atoms with Crippen LogP contribution in [0.4, 0.5) is 5.13 Å². The van der Waals surface area contributed by atoms with Gasteiger partial charge in [-0.1, -0.05) is 64.4 Å². The van der Waals surface area contributed by atoms with Crippen LogP contribution in [0.3, 0.4) is 0 Å². The molecule has 1 fully saturated rings. The van der Waals surface area contributed by atoms with Crippen molar-refractivity contribution in [2.45, 2.75) is 25.8 Å². The molecule has 1 aliphatic heterocycles. The number of carbonyl (C=O) groups excluding carboxylic acids is 2. The van der Waals surface area contributed by atoms with Gasteiger partial charge in [-0.15, -0.1) is 10.2 Å². The minimum atomic E-state index is -0.581. The first-order chi connectivity index (χ1) is 14.4. The van der Waals surface area contributed by atoms with Crippen LogP contribution >= 0.6 is 34.5 Å². The fraction of sp³-hybridized carbons (Fsp3) is 0.238. The van der Waals surface area contributed by atoms with Crippen LogP contribution in [0.15, 0.2) is 42.5 Å².